The van der Waals surface area contributed by atoms with E-state index in [1.807, 2.05) is 42.6 Å². The van der Waals surface area contributed by atoms with Gasteiger partial charge in [-0.25, -0.2) is 0 Å². The van der Waals surface area contributed by atoms with Crippen molar-refractivity contribution in [2.45, 2.75) is 44.2 Å². The fourth-order valence-electron chi connectivity index (χ4n) is 6.10. The summed E-state index contributed by atoms with van der Waals surface area (Å²) < 4.78 is 5.85. The Balaban J connectivity index is 0.00000253. The lowest BCUT2D eigenvalue weighted by Crippen LogP contribution is -2.43. The van der Waals surface area contributed by atoms with E-state index in [9.17, 15) is 4.79 Å². The highest BCUT2D eigenvalue weighted by atomic mass is 35.5. The van der Waals surface area contributed by atoms with Crippen molar-refractivity contribution in [2.75, 3.05) is 39.3 Å². The number of rotatable bonds is 7. The maximum Gasteiger partial charge on any atom is 0.193 e. The van der Waals surface area contributed by atoms with E-state index < -0.39 is 0 Å². The van der Waals surface area contributed by atoms with Crippen LogP contribution in [0.25, 0.3) is 10.9 Å². The molecule has 0 radical (unpaired) electrons. The predicted molar refractivity (Wildman–Crippen MR) is 142 cm³/mol. The molecule has 3 fully saturated rings. The van der Waals surface area contributed by atoms with Crippen molar-refractivity contribution in [2.24, 2.45) is 5.92 Å². The number of halogens is 1. The Kier molecular flexibility index (Phi) is 7.59. The molecule has 0 bridgehead atoms. The third-order valence-corrected chi connectivity index (χ3v) is 8.06. The fourth-order valence-corrected chi connectivity index (χ4v) is 6.10. The van der Waals surface area contributed by atoms with Crippen LogP contribution in [0.4, 0.5) is 0 Å². The van der Waals surface area contributed by atoms with Gasteiger partial charge in [-0.2, -0.15) is 0 Å². The number of hydrogen-bond donors (Lipinski definition) is 1. The van der Waals surface area contributed by atoms with Crippen molar-refractivity contribution < 1.29 is 9.53 Å². The molecule has 2 atom stereocenters. The highest BCUT2D eigenvalue weighted by molar-refractivity contribution is 6.11. The molecule has 6 rings (SSSR count). The van der Waals surface area contributed by atoms with Gasteiger partial charge in [-0.05, 0) is 80.9 Å². The van der Waals surface area contributed by atoms with Crippen molar-refractivity contribution in [1.82, 2.24) is 14.8 Å². The quantitative estimate of drug-likeness (QED) is 0.351. The van der Waals surface area contributed by atoms with Crippen molar-refractivity contribution in [3.63, 3.8) is 0 Å². The average Bonchev–Trinajstić information content (AvgIpc) is 3.60. The van der Waals surface area contributed by atoms with Crippen LogP contribution in [0.15, 0.2) is 54.7 Å². The van der Waals surface area contributed by atoms with E-state index in [0.717, 1.165) is 53.2 Å². The molecule has 0 spiro atoms. The Hall–Kier alpha value is -2.18. The molecule has 4 heterocycles. The second kappa shape index (κ2) is 10.8. The minimum absolute atomic E-state index is 0. The standard InChI is InChI=1S/C29H35N3O2.ClH/c33-29(23-9-8-22-10-13-30-26(22)18-23)25-7-3-2-6-24(25)28(27-20-34-27)32-16-11-21(12-17-32)19-31-14-4-1-5-15-31;/h2-3,6-10,13,18,21,27-28,30H,1,4-5,11-12,14-17,19-20H2;1H. The minimum Gasteiger partial charge on any atom is -0.371 e. The Morgan fingerprint density at radius 3 is 2.54 bits per heavy atom. The van der Waals surface area contributed by atoms with Crippen LogP contribution in [0, 0.1) is 5.92 Å². The summed E-state index contributed by atoms with van der Waals surface area (Å²) in [5, 5.41) is 1.13. The number of aromatic nitrogens is 1. The van der Waals surface area contributed by atoms with Gasteiger partial charge in [-0.15, -0.1) is 12.4 Å². The van der Waals surface area contributed by atoms with Crippen molar-refractivity contribution in [3.8, 4) is 0 Å². The minimum atomic E-state index is 0. The topological polar surface area (TPSA) is 51.9 Å². The summed E-state index contributed by atoms with van der Waals surface area (Å²) in [7, 11) is 0. The van der Waals surface area contributed by atoms with E-state index in [2.05, 4.69) is 26.9 Å². The molecule has 3 aliphatic heterocycles. The van der Waals surface area contributed by atoms with E-state index in [1.165, 1.54) is 51.7 Å². The number of ether oxygens (including phenoxy) is 1. The second-order valence-corrected chi connectivity index (χ2v) is 10.4. The molecule has 0 aliphatic carbocycles. The Morgan fingerprint density at radius 1 is 1.00 bits per heavy atom. The van der Waals surface area contributed by atoms with Gasteiger partial charge in [-0.1, -0.05) is 42.8 Å². The third-order valence-electron chi connectivity index (χ3n) is 8.06. The van der Waals surface area contributed by atoms with Gasteiger partial charge < -0.3 is 14.6 Å². The maximum absolute atomic E-state index is 13.7. The van der Waals surface area contributed by atoms with Crippen LogP contribution < -0.4 is 0 Å². The predicted octanol–water partition coefficient (Wildman–Crippen LogP) is 5.46. The first-order valence-corrected chi connectivity index (χ1v) is 13.0. The van der Waals surface area contributed by atoms with E-state index >= 15 is 0 Å². The lowest BCUT2D eigenvalue weighted by molar-refractivity contribution is 0.0884. The van der Waals surface area contributed by atoms with E-state index in [-0.39, 0.29) is 30.3 Å². The second-order valence-electron chi connectivity index (χ2n) is 10.4. The fraction of sp³-hybridized carbons (Fsp3) is 0.483. The molecule has 0 amide bonds. The number of benzene rings is 2. The van der Waals surface area contributed by atoms with E-state index in [0.29, 0.717) is 0 Å². The lowest BCUT2D eigenvalue weighted by Gasteiger charge is -2.39. The summed E-state index contributed by atoms with van der Waals surface area (Å²) >= 11 is 0. The van der Waals surface area contributed by atoms with Gasteiger partial charge in [0, 0.05) is 29.4 Å². The molecule has 3 aromatic rings. The first-order chi connectivity index (χ1) is 16.8. The number of piperidine rings is 2. The normalized spacial score (nSPS) is 22.6. The highest BCUT2D eigenvalue weighted by Gasteiger charge is 2.41. The molecule has 6 heteroatoms. The van der Waals surface area contributed by atoms with Crippen molar-refractivity contribution in [1.29, 1.82) is 0 Å². The van der Waals surface area contributed by atoms with Gasteiger partial charge >= 0.3 is 0 Å². The number of H-pyrrole nitrogens is 1. The molecule has 3 saturated heterocycles. The van der Waals surface area contributed by atoms with Crippen LogP contribution in [-0.2, 0) is 4.74 Å². The number of fused-ring (bicyclic) bond motifs is 1. The molecule has 0 saturated carbocycles. The molecular formula is C29H36ClN3O2. The summed E-state index contributed by atoms with van der Waals surface area (Å²) in [5.41, 5.74) is 3.67. The highest BCUT2D eigenvalue weighted by Crippen LogP contribution is 2.38. The van der Waals surface area contributed by atoms with Crippen LogP contribution in [-0.4, -0.2) is 66.0 Å². The molecule has 35 heavy (non-hydrogen) atoms. The number of nitrogens with zero attached hydrogens (tertiary/aromatic N) is 2. The van der Waals surface area contributed by atoms with Crippen molar-refractivity contribution in [3.05, 3.63) is 71.4 Å². The van der Waals surface area contributed by atoms with Crippen LogP contribution in [0.5, 0.6) is 0 Å². The van der Waals surface area contributed by atoms with Crippen LogP contribution in [0.2, 0.25) is 0 Å². The molecule has 2 unspecified atom stereocenters. The van der Waals surface area contributed by atoms with E-state index in [4.69, 9.17) is 4.74 Å². The van der Waals surface area contributed by atoms with Crippen LogP contribution in [0.3, 0.4) is 0 Å². The number of aromatic amines is 1. The summed E-state index contributed by atoms with van der Waals surface area (Å²) in [5.74, 6) is 0.886. The summed E-state index contributed by atoms with van der Waals surface area (Å²) in [6.07, 6.45) is 8.71. The zero-order chi connectivity index (χ0) is 22.9. The number of carbonyl (C=O) groups excluding carboxylic acids is 1. The Labute approximate surface area is 214 Å². The molecule has 186 valence electrons. The number of hydrogen-bond acceptors (Lipinski definition) is 4. The number of nitrogens with one attached hydrogen (secondary N) is 1. The Morgan fingerprint density at radius 2 is 1.77 bits per heavy atom. The molecule has 1 aromatic heterocycles. The summed E-state index contributed by atoms with van der Waals surface area (Å²) in [6, 6.07) is 16.3. The molecule has 1 N–H and O–H groups in total. The first-order valence-electron chi connectivity index (χ1n) is 13.0. The summed E-state index contributed by atoms with van der Waals surface area (Å²) in [4.78, 5) is 22.2. The number of epoxide rings is 1. The third kappa shape index (κ3) is 5.34. The molecule has 5 nitrogen and oxygen atoms in total. The SMILES string of the molecule is Cl.O=C(c1ccc2cc[nH]c2c1)c1ccccc1C(C1CO1)N1CCC(CN2CCCCC2)CC1. The largest absolute Gasteiger partial charge is 0.371 e. The monoisotopic (exact) mass is 493 g/mol. The molecular weight excluding hydrogens is 458 g/mol. The van der Waals surface area contributed by atoms with Crippen LogP contribution >= 0.6 is 12.4 Å². The molecule has 3 aliphatic rings. The van der Waals surface area contributed by atoms with Gasteiger partial charge in [0.2, 0.25) is 0 Å². The van der Waals surface area contributed by atoms with E-state index in [1.54, 1.807) is 0 Å². The lowest BCUT2D eigenvalue weighted by atomic mass is 9.89. The molecule has 2 aromatic carbocycles. The number of ketones is 1. The van der Waals surface area contributed by atoms with Crippen LogP contribution in [0.1, 0.15) is 59.6 Å². The average molecular weight is 494 g/mol. The Bertz CT molecular complexity index is 1140. The van der Waals surface area contributed by atoms with Gasteiger partial charge in [0.1, 0.15) is 6.10 Å². The maximum atomic E-state index is 13.7. The summed E-state index contributed by atoms with van der Waals surface area (Å²) in [6.45, 7) is 6.77. The van der Waals surface area contributed by atoms with Gasteiger partial charge in [-0.3, -0.25) is 9.69 Å². The van der Waals surface area contributed by atoms with Gasteiger partial charge in [0.15, 0.2) is 5.78 Å². The van der Waals surface area contributed by atoms with Gasteiger partial charge in [0.25, 0.3) is 0 Å². The van der Waals surface area contributed by atoms with Gasteiger partial charge in [0.05, 0.1) is 12.6 Å². The smallest absolute Gasteiger partial charge is 0.193 e. The number of likely N-dealkylation sites (tertiary alicyclic amines) is 2. The van der Waals surface area contributed by atoms with Crippen molar-refractivity contribution >= 4 is 29.1 Å². The first kappa shape index (κ1) is 24.5. The zero-order valence-corrected chi connectivity index (χ0v) is 21.1. The number of carbonyl (C=O) groups is 1. The zero-order valence-electron chi connectivity index (χ0n) is 20.3.